The third-order valence-electron chi connectivity index (χ3n) is 1.72. The molecule has 3 nitrogen and oxygen atoms in total. The van der Waals surface area contributed by atoms with Gasteiger partial charge in [-0.3, -0.25) is 10.1 Å². The van der Waals surface area contributed by atoms with E-state index in [9.17, 15) is 10.1 Å². The van der Waals surface area contributed by atoms with E-state index in [0.717, 1.165) is 5.56 Å². The fourth-order valence-electron chi connectivity index (χ4n) is 1.05. The number of halogens is 1. The molecule has 0 amide bonds. The molecule has 0 saturated heterocycles. The first-order chi connectivity index (χ1) is 6.74. The highest BCUT2D eigenvalue weighted by atomic mass is 79.9. The second kappa shape index (κ2) is 5.54. The van der Waals surface area contributed by atoms with Gasteiger partial charge in [-0.25, -0.2) is 0 Å². The van der Waals surface area contributed by atoms with E-state index in [1.54, 1.807) is 6.08 Å². The van der Waals surface area contributed by atoms with Crippen molar-refractivity contribution in [2.24, 2.45) is 0 Å². The number of hydrogen-bond acceptors (Lipinski definition) is 2. The van der Waals surface area contributed by atoms with Crippen molar-refractivity contribution in [1.29, 1.82) is 0 Å². The molecule has 0 unspecified atom stereocenters. The molecule has 0 spiro atoms. The van der Waals surface area contributed by atoms with Gasteiger partial charge in [-0.05, 0) is 5.56 Å². The van der Waals surface area contributed by atoms with Crippen LogP contribution in [0.25, 0.3) is 6.08 Å². The third-order valence-corrected chi connectivity index (χ3v) is 2.11. The minimum atomic E-state index is -0.339. The van der Waals surface area contributed by atoms with Gasteiger partial charge in [0.05, 0.1) is 4.92 Å². The van der Waals surface area contributed by atoms with E-state index in [1.807, 2.05) is 30.3 Å². The Labute approximate surface area is 90.7 Å². The second-order valence-electron chi connectivity index (χ2n) is 2.74. The maximum absolute atomic E-state index is 10.6. The number of allylic oxidation sites excluding steroid dienone is 1. The molecule has 0 heterocycles. The van der Waals surface area contributed by atoms with E-state index < -0.39 is 0 Å². The van der Waals surface area contributed by atoms with Crippen LogP contribution in [0.4, 0.5) is 0 Å². The van der Waals surface area contributed by atoms with Crippen LogP contribution < -0.4 is 0 Å². The minimum absolute atomic E-state index is 0.230. The maximum Gasteiger partial charge on any atom is 0.247 e. The van der Waals surface area contributed by atoms with E-state index >= 15 is 0 Å². The molecule has 0 aliphatic carbocycles. The standard InChI is InChI=1S/C10H10BrNO2/c11-7-6-10(12(13)14)8-9-4-2-1-3-5-9/h1-5,8H,6-7H2. The van der Waals surface area contributed by atoms with Crippen LogP contribution in [0.2, 0.25) is 0 Å². The summed E-state index contributed by atoms with van der Waals surface area (Å²) < 4.78 is 0. The normalized spacial score (nSPS) is 11.4. The Kier molecular flexibility index (Phi) is 4.32. The highest BCUT2D eigenvalue weighted by Crippen LogP contribution is 2.11. The van der Waals surface area contributed by atoms with Crippen molar-refractivity contribution < 1.29 is 4.92 Å². The minimum Gasteiger partial charge on any atom is -0.259 e. The lowest BCUT2D eigenvalue weighted by molar-refractivity contribution is -0.425. The molecule has 1 aromatic rings. The predicted octanol–water partition coefficient (Wildman–Crippen LogP) is 3.09. The first-order valence-electron chi connectivity index (χ1n) is 4.20. The summed E-state index contributed by atoms with van der Waals surface area (Å²) >= 11 is 3.19. The van der Waals surface area contributed by atoms with Crippen molar-refractivity contribution in [2.75, 3.05) is 5.33 Å². The lowest BCUT2D eigenvalue weighted by Gasteiger charge is -1.95. The van der Waals surface area contributed by atoms with Crippen molar-refractivity contribution in [3.05, 3.63) is 51.7 Å². The summed E-state index contributed by atoms with van der Waals surface area (Å²) in [7, 11) is 0. The lowest BCUT2D eigenvalue weighted by atomic mass is 10.2. The van der Waals surface area contributed by atoms with E-state index in [4.69, 9.17) is 0 Å². The van der Waals surface area contributed by atoms with Gasteiger partial charge in [0.1, 0.15) is 0 Å². The molecule has 0 aromatic heterocycles. The largest absolute Gasteiger partial charge is 0.259 e. The maximum atomic E-state index is 10.6. The molecule has 0 fully saturated rings. The van der Waals surface area contributed by atoms with E-state index in [2.05, 4.69) is 15.9 Å². The SMILES string of the molecule is O=[N+]([O-])C(=Cc1ccccc1)CCBr. The fraction of sp³-hybridized carbons (Fsp3) is 0.200. The van der Waals surface area contributed by atoms with Gasteiger partial charge in [-0.15, -0.1) is 0 Å². The first-order valence-corrected chi connectivity index (χ1v) is 5.32. The molecule has 0 N–H and O–H groups in total. The molecule has 4 heteroatoms. The number of benzene rings is 1. The summed E-state index contributed by atoms with van der Waals surface area (Å²) in [5, 5.41) is 11.2. The molecule has 1 aromatic carbocycles. The Balaban J connectivity index is 2.88. The van der Waals surface area contributed by atoms with E-state index in [1.165, 1.54) is 0 Å². The average molecular weight is 256 g/mol. The molecule has 0 atom stereocenters. The van der Waals surface area contributed by atoms with Crippen molar-refractivity contribution in [2.45, 2.75) is 6.42 Å². The molecule has 0 saturated carbocycles. The summed E-state index contributed by atoms with van der Waals surface area (Å²) in [4.78, 5) is 10.3. The molecular weight excluding hydrogens is 246 g/mol. The molecule has 74 valence electrons. The summed E-state index contributed by atoms with van der Waals surface area (Å²) in [5.41, 5.74) is 1.09. The van der Waals surface area contributed by atoms with Crippen LogP contribution in [0.3, 0.4) is 0 Å². The number of nitro groups is 1. The van der Waals surface area contributed by atoms with Gasteiger partial charge in [0.15, 0.2) is 0 Å². The van der Waals surface area contributed by atoms with Gasteiger partial charge in [0.2, 0.25) is 5.70 Å². The molecule has 0 radical (unpaired) electrons. The van der Waals surface area contributed by atoms with Crippen molar-refractivity contribution in [1.82, 2.24) is 0 Å². The zero-order valence-electron chi connectivity index (χ0n) is 7.52. The number of hydrogen-bond donors (Lipinski definition) is 0. The summed E-state index contributed by atoms with van der Waals surface area (Å²) in [6, 6.07) is 9.29. The van der Waals surface area contributed by atoms with Gasteiger partial charge in [-0.1, -0.05) is 46.3 Å². The van der Waals surface area contributed by atoms with Crippen molar-refractivity contribution in [3.8, 4) is 0 Å². The quantitative estimate of drug-likeness (QED) is 0.472. The van der Waals surface area contributed by atoms with Crippen LogP contribution in [-0.4, -0.2) is 10.3 Å². The topological polar surface area (TPSA) is 43.1 Å². The number of nitrogens with zero attached hydrogens (tertiary/aromatic N) is 1. The summed E-state index contributed by atoms with van der Waals surface area (Å²) in [5.74, 6) is 0. The van der Waals surface area contributed by atoms with Gasteiger partial charge < -0.3 is 0 Å². The van der Waals surface area contributed by atoms with Gasteiger partial charge in [-0.2, -0.15) is 0 Å². The number of alkyl halides is 1. The predicted molar refractivity (Wildman–Crippen MR) is 59.8 cm³/mol. The second-order valence-corrected chi connectivity index (χ2v) is 3.54. The van der Waals surface area contributed by atoms with Crippen molar-refractivity contribution >= 4 is 22.0 Å². The van der Waals surface area contributed by atoms with Gasteiger partial charge in [0, 0.05) is 17.8 Å². The first kappa shape index (κ1) is 10.9. The Hall–Kier alpha value is -1.16. The Morgan fingerprint density at radius 1 is 1.43 bits per heavy atom. The van der Waals surface area contributed by atoms with Gasteiger partial charge in [0.25, 0.3) is 0 Å². The third kappa shape index (κ3) is 3.30. The van der Waals surface area contributed by atoms with E-state index in [-0.39, 0.29) is 10.6 Å². The zero-order valence-corrected chi connectivity index (χ0v) is 9.11. The molecule has 0 bridgehead atoms. The Bertz CT molecular complexity index is 335. The smallest absolute Gasteiger partial charge is 0.247 e. The monoisotopic (exact) mass is 255 g/mol. The van der Waals surface area contributed by atoms with E-state index in [0.29, 0.717) is 11.8 Å². The molecule has 0 aliphatic rings. The summed E-state index contributed by atoms with van der Waals surface area (Å²) in [6.07, 6.45) is 2.03. The van der Waals surface area contributed by atoms with Crippen LogP contribution in [0.15, 0.2) is 36.0 Å². The van der Waals surface area contributed by atoms with Crippen LogP contribution >= 0.6 is 15.9 Å². The molecule has 0 aliphatic heterocycles. The van der Waals surface area contributed by atoms with Crippen LogP contribution in [0, 0.1) is 10.1 Å². The van der Waals surface area contributed by atoms with Crippen LogP contribution in [-0.2, 0) is 0 Å². The molecular formula is C10H10BrNO2. The average Bonchev–Trinajstić information content (AvgIpc) is 2.18. The molecule has 14 heavy (non-hydrogen) atoms. The zero-order chi connectivity index (χ0) is 10.4. The van der Waals surface area contributed by atoms with Crippen LogP contribution in [0.5, 0.6) is 0 Å². The fourth-order valence-corrected chi connectivity index (χ4v) is 1.46. The van der Waals surface area contributed by atoms with Crippen LogP contribution in [0.1, 0.15) is 12.0 Å². The van der Waals surface area contributed by atoms with Crippen molar-refractivity contribution in [3.63, 3.8) is 0 Å². The highest BCUT2D eigenvalue weighted by molar-refractivity contribution is 9.09. The number of rotatable bonds is 4. The lowest BCUT2D eigenvalue weighted by Crippen LogP contribution is -1.98. The summed E-state index contributed by atoms with van der Waals surface area (Å²) in [6.45, 7) is 0. The highest BCUT2D eigenvalue weighted by Gasteiger charge is 2.08. The Morgan fingerprint density at radius 3 is 2.57 bits per heavy atom. The molecule has 1 rings (SSSR count). The van der Waals surface area contributed by atoms with Gasteiger partial charge >= 0.3 is 0 Å². The Morgan fingerprint density at radius 2 is 2.07 bits per heavy atom.